The van der Waals surface area contributed by atoms with Crippen molar-refractivity contribution in [2.45, 2.75) is 49.5 Å². The molecule has 4 aromatic rings. The van der Waals surface area contributed by atoms with Gasteiger partial charge in [0.15, 0.2) is 60.4 Å². The number of H-pyrrole nitrogens is 1. The standard InChI is InChI=1S/C20H24N10O13P2/c21-12-6-13(24-1-23-12)29(2-25-6)16-8(31)11-19(40-16)39-5-44(34,35)42-10-9(32)18(38-4-45(36,37)43-11)41-17(10)30-3-26-7-14(30)27-20(22)28-15(7)33/h1-3,8-11,16-19,31-32H,4-5H2,(H,34,35)(H,36,37)(H2,21,23,24)(H3,22,27,28,33)/t8-,9+,10-,11+,16-,17-,18+,19+/m1/s1. The number of aromatic amines is 1. The maximum absolute atomic E-state index is 13.3. The summed E-state index contributed by atoms with van der Waals surface area (Å²) in [7, 11) is -9.66. The highest BCUT2D eigenvalue weighted by molar-refractivity contribution is 7.52. The van der Waals surface area contributed by atoms with E-state index in [1.165, 1.54) is 10.9 Å². The highest BCUT2D eigenvalue weighted by atomic mass is 31.2. The second kappa shape index (κ2) is 10.8. The summed E-state index contributed by atoms with van der Waals surface area (Å²) in [4.78, 5) is 55.9. The number of nitrogens with one attached hydrogen (secondary N) is 1. The molecule has 0 radical (unpaired) electrons. The van der Waals surface area contributed by atoms with Crippen LogP contribution in [0.3, 0.4) is 0 Å². The van der Waals surface area contributed by atoms with Gasteiger partial charge in [-0.3, -0.25) is 37.1 Å². The molecule has 3 aliphatic heterocycles. The smallest absolute Gasteiger partial charge is 0.354 e. The van der Waals surface area contributed by atoms with E-state index in [2.05, 4.69) is 29.9 Å². The number of hydrogen-bond donors (Lipinski definition) is 7. The van der Waals surface area contributed by atoms with Crippen LogP contribution in [0.15, 0.2) is 23.8 Å². The first-order chi connectivity index (χ1) is 21.3. The van der Waals surface area contributed by atoms with Crippen molar-refractivity contribution in [3.63, 3.8) is 0 Å². The molecule has 0 spiro atoms. The lowest BCUT2D eigenvalue weighted by Crippen LogP contribution is -2.35. The van der Waals surface area contributed by atoms with Crippen LogP contribution in [0.5, 0.6) is 0 Å². The number of nitrogen functional groups attached to an aromatic ring is 2. The van der Waals surface area contributed by atoms with E-state index in [0.717, 1.165) is 17.2 Å². The highest BCUT2D eigenvalue weighted by Crippen LogP contribution is 2.53. The molecule has 3 saturated heterocycles. The lowest BCUT2D eigenvalue weighted by Gasteiger charge is -2.26. The van der Waals surface area contributed by atoms with E-state index in [0.29, 0.717) is 0 Å². The Hall–Kier alpha value is -3.44. The molecule has 10 atom stereocenters. The number of ether oxygens (including phenoxy) is 4. The van der Waals surface area contributed by atoms with Gasteiger partial charge in [-0.15, -0.1) is 0 Å². The molecule has 25 heteroatoms. The highest BCUT2D eigenvalue weighted by Gasteiger charge is 2.54. The van der Waals surface area contributed by atoms with E-state index in [1.54, 1.807) is 0 Å². The number of aliphatic hydroxyl groups is 2. The molecule has 3 aliphatic rings. The van der Waals surface area contributed by atoms with Gasteiger partial charge in [-0.2, -0.15) is 4.98 Å². The summed E-state index contributed by atoms with van der Waals surface area (Å²) in [5, 5.41) is 22.1. The summed E-state index contributed by atoms with van der Waals surface area (Å²) >= 11 is 0. The zero-order valence-corrected chi connectivity index (χ0v) is 24.2. The molecule has 2 unspecified atom stereocenters. The molecule has 2 bridgehead atoms. The van der Waals surface area contributed by atoms with E-state index in [1.807, 2.05) is 0 Å². The number of fused-ring (bicyclic) bond motifs is 5. The lowest BCUT2D eigenvalue weighted by molar-refractivity contribution is -0.174. The molecule has 0 aliphatic carbocycles. The maximum atomic E-state index is 13.3. The number of nitrogens with zero attached hydrogens (tertiary/aromatic N) is 7. The van der Waals surface area contributed by atoms with Crippen molar-refractivity contribution in [2.24, 2.45) is 0 Å². The normalized spacial score (nSPS) is 37.7. The van der Waals surface area contributed by atoms with Crippen LogP contribution in [-0.4, -0.2) is 109 Å². The van der Waals surface area contributed by atoms with Crippen LogP contribution in [0.1, 0.15) is 12.5 Å². The predicted octanol–water partition coefficient (Wildman–Crippen LogP) is -2.34. The summed E-state index contributed by atoms with van der Waals surface area (Å²) in [6.45, 7) is 0. The molecular weight excluding hydrogens is 650 g/mol. The van der Waals surface area contributed by atoms with Gasteiger partial charge in [0.25, 0.3) is 5.56 Å². The Morgan fingerprint density at radius 3 is 2.18 bits per heavy atom. The molecule has 7 rings (SSSR count). The van der Waals surface area contributed by atoms with Crippen molar-refractivity contribution in [1.29, 1.82) is 0 Å². The molecule has 9 N–H and O–H groups in total. The van der Waals surface area contributed by atoms with Crippen LogP contribution < -0.4 is 17.0 Å². The van der Waals surface area contributed by atoms with Gasteiger partial charge in [0.1, 0.15) is 36.3 Å². The van der Waals surface area contributed by atoms with Gasteiger partial charge in [0.05, 0.1) is 12.7 Å². The van der Waals surface area contributed by atoms with E-state index in [-0.39, 0.29) is 34.1 Å². The molecular formula is C20H24N10O13P2. The van der Waals surface area contributed by atoms with Crippen LogP contribution in [0, 0.1) is 0 Å². The summed E-state index contributed by atoms with van der Waals surface area (Å²) in [6, 6.07) is 0. The van der Waals surface area contributed by atoms with Crippen molar-refractivity contribution in [1.82, 2.24) is 39.0 Å². The molecule has 7 heterocycles. The van der Waals surface area contributed by atoms with Crippen molar-refractivity contribution >= 4 is 49.3 Å². The first kappa shape index (κ1) is 30.2. The quantitative estimate of drug-likeness (QED) is 0.109. The Labute approximate surface area is 248 Å². The topological polar surface area (TPSA) is 330 Å². The Bertz CT molecular complexity index is 1940. The zero-order valence-electron chi connectivity index (χ0n) is 22.4. The van der Waals surface area contributed by atoms with E-state index >= 15 is 0 Å². The number of aromatic nitrogens is 8. The zero-order chi connectivity index (χ0) is 31.8. The minimum atomic E-state index is -4.85. The third-order valence-corrected chi connectivity index (χ3v) is 9.20. The van der Waals surface area contributed by atoms with Crippen molar-refractivity contribution in [2.75, 3.05) is 24.2 Å². The summed E-state index contributed by atoms with van der Waals surface area (Å²) < 4.78 is 61.7. The minimum absolute atomic E-state index is 0.0313. The fourth-order valence-electron chi connectivity index (χ4n) is 5.15. The lowest BCUT2D eigenvalue weighted by atomic mass is 10.2. The molecule has 0 saturated carbocycles. The van der Waals surface area contributed by atoms with Gasteiger partial charge >= 0.3 is 15.2 Å². The second-order valence-electron chi connectivity index (χ2n) is 10.1. The van der Waals surface area contributed by atoms with Gasteiger partial charge in [0.2, 0.25) is 5.95 Å². The Morgan fingerprint density at radius 2 is 1.44 bits per heavy atom. The third-order valence-electron chi connectivity index (χ3n) is 7.10. The average Bonchev–Trinajstić information content (AvgIpc) is 3.72. The van der Waals surface area contributed by atoms with Crippen molar-refractivity contribution < 1.29 is 57.1 Å². The Morgan fingerprint density at radius 1 is 0.822 bits per heavy atom. The molecule has 0 amide bonds. The van der Waals surface area contributed by atoms with Crippen LogP contribution in [0.4, 0.5) is 11.8 Å². The fraction of sp³-hybridized carbons (Fsp3) is 0.500. The first-order valence-corrected chi connectivity index (χ1v) is 16.4. The molecule has 4 aromatic heterocycles. The number of hydrogen-bond acceptors (Lipinski definition) is 18. The number of rotatable bonds is 2. The summed E-state index contributed by atoms with van der Waals surface area (Å²) in [5.74, 6) is -0.255. The molecule has 23 nitrogen and oxygen atoms in total. The molecule has 0 aromatic carbocycles. The van der Waals surface area contributed by atoms with Crippen molar-refractivity contribution in [3.05, 3.63) is 29.3 Å². The summed E-state index contributed by atoms with van der Waals surface area (Å²) in [6.07, 6.45) is -12.2. The van der Waals surface area contributed by atoms with Crippen LogP contribution >= 0.6 is 15.2 Å². The van der Waals surface area contributed by atoms with Gasteiger partial charge in [-0.05, 0) is 0 Å². The molecule has 45 heavy (non-hydrogen) atoms. The molecule has 3 fully saturated rings. The minimum Gasteiger partial charge on any atom is -0.385 e. The van der Waals surface area contributed by atoms with Gasteiger partial charge < -0.3 is 50.4 Å². The maximum Gasteiger partial charge on any atom is 0.354 e. The van der Waals surface area contributed by atoms with Crippen LogP contribution in [-0.2, 0) is 37.1 Å². The Kier molecular flexibility index (Phi) is 7.27. The molecule has 242 valence electrons. The van der Waals surface area contributed by atoms with Crippen LogP contribution in [0.25, 0.3) is 22.3 Å². The summed E-state index contributed by atoms with van der Waals surface area (Å²) in [5.41, 5.74) is 10.8. The van der Waals surface area contributed by atoms with Crippen LogP contribution in [0.2, 0.25) is 0 Å². The largest absolute Gasteiger partial charge is 0.385 e. The second-order valence-corrected chi connectivity index (χ2v) is 13.6. The van der Waals surface area contributed by atoms with Gasteiger partial charge in [-0.25, -0.2) is 19.9 Å². The average molecular weight is 674 g/mol. The van der Waals surface area contributed by atoms with E-state index in [9.17, 15) is 33.9 Å². The van der Waals surface area contributed by atoms with Gasteiger partial charge in [0, 0.05) is 0 Å². The van der Waals surface area contributed by atoms with Gasteiger partial charge in [-0.1, -0.05) is 0 Å². The fourth-order valence-corrected chi connectivity index (χ4v) is 7.16. The first-order valence-electron chi connectivity index (χ1n) is 12.9. The van der Waals surface area contributed by atoms with E-state index in [4.69, 9.17) is 39.5 Å². The van der Waals surface area contributed by atoms with Crippen molar-refractivity contribution in [3.8, 4) is 0 Å². The number of nitrogens with two attached hydrogens (primary N) is 2. The number of anilines is 2. The Balaban J connectivity index is 1.21. The monoisotopic (exact) mass is 674 g/mol. The SMILES string of the molecule is Nc1nc2c(ncn2[C@@H]2O[C@@H]3OCP(=O)(O)O[C@@H]4[C@@H](OCP(=O)(O)O[C@@H]2[C@@H]3O)O[C@@H](n2cnc3c(N)ncnc32)[C@@H]4O)c(=O)[nH]1. The predicted molar refractivity (Wildman–Crippen MR) is 143 cm³/mol. The number of aliphatic hydroxyl groups excluding tert-OH is 2. The third kappa shape index (κ3) is 5.31. The van der Waals surface area contributed by atoms with E-state index < -0.39 is 82.9 Å². The number of imidazole rings is 2.